The number of aromatic amines is 1. The van der Waals surface area contributed by atoms with E-state index in [9.17, 15) is 0 Å². The Balaban J connectivity index is 1.70. The van der Waals surface area contributed by atoms with Gasteiger partial charge in [-0.15, -0.1) is 0 Å². The molecular weight excluding hydrogens is 356 g/mol. The van der Waals surface area contributed by atoms with E-state index in [1.807, 2.05) is 12.3 Å². The number of rotatable bonds is 3. The van der Waals surface area contributed by atoms with Crippen molar-refractivity contribution in [1.82, 2.24) is 20.2 Å². The summed E-state index contributed by atoms with van der Waals surface area (Å²) in [4.78, 5) is 14.4. The monoisotopic (exact) mass is 380 g/mol. The summed E-state index contributed by atoms with van der Waals surface area (Å²) in [5.41, 5.74) is 3.78. The Morgan fingerprint density at radius 2 is 1.93 bits per heavy atom. The third-order valence-electron chi connectivity index (χ3n) is 5.46. The zero-order valence-corrected chi connectivity index (χ0v) is 16.0. The van der Waals surface area contributed by atoms with Gasteiger partial charge in [0, 0.05) is 43.5 Å². The van der Waals surface area contributed by atoms with E-state index in [-0.39, 0.29) is 6.04 Å². The van der Waals surface area contributed by atoms with Crippen LogP contribution in [0.2, 0.25) is 0 Å². The van der Waals surface area contributed by atoms with Gasteiger partial charge in [-0.1, -0.05) is 0 Å². The van der Waals surface area contributed by atoms with E-state index in [4.69, 9.17) is 14.5 Å². The molecule has 3 aromatic rings. The molecule has 0 aromatic carbocycles. The molecule has 146 valence electrons. The zero-order valence-electron chi connectivity index (χ0n) is 16.0. The molecule has 0 saturated carbocycles. The van der Waals surface area contributed by atoms with E-state index < -0.39 is 0 Å². The van der Waals surface area contributed by atoms with Gasteiger partial charge in [0.2, 0.25) is 0 Å². The summed E-state index contributed by atoms with van der Waals surface area (Å²) >= 11 is 0. The van der Waals surface area contributed by atoms with Crippen LogP contribution in [0.25, 0.3) is 22.3 Å². The molecular formula is C20H24N6O2. The third kappa shape index (κ3) is 3.08. The van der Waals surface area contributed by atoms with E-state index in [2.05, 4.69) is 44.0 Å². The van der Waals surface area contributed by atoms with E-state index in [0.717, 1.165) is 67.6 Å². The number of hydrogen-bond donors (Lipinski definition) is 1. The Morgan fingerprint density at radius 3 is 2.71 bits per heavy atom. The smallest absolute Gasteiger partial charge is 0.131 e. The number of morpholine rings is 2. The molecule has 1 atom stereocenters. The lowest BCUT2D eigenvalue weighted by Crippen LogP contribution is -2.44. The Bertz CT molecular complexity index is 955. The van der Waals surface area contributed by atoms with Crippen molar-refractivity contribution in [2.75, 3.05) is 55.9 Å². The second-order valence-electron chi connectivity index (χ2n) is 7.24. The molecule has 2 saturated heterocycles. The number of ether oxygens (including phenoxy) is 2. The molecule has 0 bridgehead atoms. The van der Waals surface area contributed by atoms with Crippen molar-refractivity contribution in [3.63, 3.8) is 0 Å². The van der Waals surface area contributed by atoms with Crippen molar-refractivity contribution in [2.45, 2.75) is 13.0 Å². The van der Waals surface area contributed by atoms with E-state index in [1.54, 1.807) is 6.20 Å². The van der Waals surface area contributed by atoms with Crippen LogP contribution in [-0.4, -0.2) is 72.3 Å². The largest absolute Gasteiger partial charge is 0.378 e. The first-order valence-corrected chi connectivity index (χ1v) is 9.78. The molecule has 0 amide bonds. The minimum absolute atomic E-state index is 0.281. The summed E-state index contributed by atoms with van der Waals surface area (Å²) in [6, 6.07) is 6.48. The molecule has 5 heterocycles. The Kier molecular flexibility index (Phi) is 4.58. The molecule has 2 aliphatic rings. The van der Waals surface area contributed by atoms with Gasteiger partial charge >= 0.3 is 0 Å². The van der Waals surface area contributed by atoms with Crippen molar-refractivity contribution in [3.05, 3.63) is 30.6 Å². The van der Waals surface area contributed by atoms with Crippen LogP contribution in [0.5, 0.6) is 0 Å². The maximum Gasteiger partial charge on any atom is 0.131 e. The van der Waals surface area contributed by atoms with Crippen LogP contribution in [0.3, 0.4) is 0 Å². The van der Waals surface area contributed by atoms with Gasteiger partial charge in [-0.2, -0.15) is 5.10 Å². The van der Waals surface area contributed by atoms with Gasteiger partial charge in [-0.05, 0) is 19.1 Å². The number of hydrogen-bond acceptors (Lipinski definition) is 7. The first-order chi connectivity index (χ1) is 13.8. The SMILES string of the molecule is CC1COCCN1c1cc(N2CCOCC2)c2ccnc(-c3ccn[nH]3)c2n1. The van der Waals surface area contributed by atoms with E-state index >= 15 is 0 Å². The zero-order chi connectivity index (χ0) is 18.9. The summed E-state index contributed by atoms with van der Waals surface area (Å²) in [5, 5.41) is 8.23. The topological polar surface area (TPSA) is 79.4 Å². The Hall–Kier alpha value is -2.71. The van der Waals surface area contributed by atoms with Gasteiger partial charge < -0.3 is 19.3 Å². The van der Waals surface area contributed by atoms with E-state index in [1.165, 1.54) is 5.69 Å². The number of nitrogens with one attached hydrogen (secondary N) is 1. The summed E-state index contributed by atoms with van der Waals surface area (Å²) in [6.45, 7) is 7.68. The minimum atomic E-state index is 0.281. The molecule has 0 aliphatic carbocycles. The fourth-order valence-corrected chi connectivity index (χ4v) is 3.99. The number of anilines is 2. The van der Waals surface area contributed by atoms with Crippen LogP contribution < -0.4 is 9.80 Å². The van der Waals surface area contributed by atoms with Crippen LogP contribution in [-0.2, 0) is 9.47 Å². The maximum atomic E-state index is 5.63. The number of pyridine rings is 2. The normalized spacial score (nSPS) is 20.7. The highest BCUT2D eigenvalue weighted by Gasteiger charge is 2.24. The molecule has 5 rings (SSSR count). The highest BCUT2D eigenvalue weighted by Crippen LogP contribution is 2.35. The minimum Gasteiger partial charge on any atom is -0.378 e. The molecule has 2 fully saturated rings. The number of fused-ring (bicyclic) bond motifs is 1. The lowest BCUT2D eigenvalue weighted by molar-refractivity contribution is 0.0985. The Morgan fingerprint density at radius 1 is 1.07 bits per heavy atom. The highest BCUT2D eigenvalue weighted by atomic mass is 16.5. The number of aromatic nitrogens is 4. The molecule has 8 nitrogen and oxygen atoms in total. The molecule has 8 heteroatoms. The lowest BCUT2D eigenvalue weighted by atomic mass is 10.1. The van der Waals surface area contributed by atoms with Crippen LogP contribution in [0.1, 0.15) is 6.92 Å². The van der Waals surface area contributed by atoms with Gasteiger partial charge in [0.25, 0.3) is 0 Å². The second-order valence-corrected chi connectivity index (χ2v) is 7.24. The van der Waals surface area contributed by atoms with Gasteiger partial charge in [0.05, 0.1) is 43.9 Å². The van der Waals surface area contributed by atoms with E-state index in [0.29, 0.717) is 6.61 Å². The van der Waals surface area contributed by atoms with Gasteiger partial charge in [-0.3, -0.25) is 10.1 Å². The Labute approximate surface area is 163 Å². The third-order valence-corrected chi connectivity index (χ3v) is 5.46. The van der Waals surface area contributed by atoms with Crippen LogP contribution in [0, 0.1) is 0 Å². The summed E-state index contributed by atoms with van der Waals surface area (Å²) in [6.07, 6.45) is 3.59. The quantitative estimate of drug-likeness (QED) is 0.745. The summed E-state index contributed by atoms with van der Waals surface area (Å²) in [5.74, 6) is 0.971. The predicted molar refractivity (Wildman–Crippen MR) is 108 cm³/mol. The molecule has 1 N–H and O–H groups in total. The summed E-state index contributed by atoms with van der Waals surface area (Å²) < 4.78 is 11.2. The standard InChI is InChI=1S/C20H24N6O2/c1-14-13-28-11-8-26(14)18-12-17(25-6-9-27-10-7-25)15-2-4-21-20(19(15)23-18)16-3-5-22-24-16/h2-5,12,14H,6-11,13H2,1H3,(H,22,24). The van der Waals surface area contributed by atoms with Crippen molar-refractivity contribution in [1.29, 1.82) is 0 Å². The predicted octanol–water partition coefficient (Wildman–Crippen LogP) is 2.08. The van der Waals surface area contributed by atoms with Crippen LogP contribution in [0.15, 0.2) is 30.6 Å². The molecule has 2 aliphatic heterocycles. The molecule has 28 heavy (non-hydrogen) atoms. The molecule has 0 radical (unpaired) electrons. The molecule has 3 aromatic heterocycles. The van der Waals surface area contributed by atoms with Crippen molar-refractivity contribution >= 4 is 22.4 Å². The second kappa shape index (κ2) is 7.37. The molecule has 0 spiro atoms. The average molecular weight is 380 g/mol. The molecule has 1 unspecified atom stereocenters. The maximum absolute atomic E-state index is 5.63. The van der Waals surface area contributed by atoms with Crippen molar-refractivity contribution in [3.8, 4) is 11.4 Å². The summed E-state index contributed by atoms with van der Waals surface area (Å²) in [7, 11) is 0. The van der Waals surface area contributed by atoms with Gasteiger partial charge in [0.15, 0.2) is 0 Å². The van der Waals surface area contributed by atoms with Gasteiger partial charge in [0.1, 0.15) is 17.0 Å². The van der Waals surface area contributed by atoms with Gasteiger partial charge in [-0.25, -0.2) is 4.98 Å². The fraction of sp³-hybridized carbons (Fsp3) is 0.450. The number of nitrogens with zero attached hydrogens (tertiary/aromatic N) is 5. The first-order valence-electron chi connectivity index (χ1n) is 9.78. The van der Waals surface area contributed by atoms with Crippen LogP contribution in [0.4, 0.5) is 11.5 Å². The first kappa shape index (κ1) is 17.4. The highest BCUT2D eigenvalue weighted by molar-refractivity contribution is 6.00. The van der Waals surface area contributed by atoms with Crippen LogP contribution >= 0.6 is 0 Å². The van der Waals surface area contributed by atoms with Crippen molar-refractivity contribution in [2.24, 2.45) is 0 Å². The van der Waals surface area contributed by atoms with Crippen molar-refractivity contribution < 1.29 is 9.47 Å². The number of H-pyrrole nitrogens is 1. The fourth-order valence-electron chi connectivity index (χ4n) is 3.99. The average Bonchev–Trinajstić information content (AvgIpc) is 3.28. The lowest BCUT2D eigenvalue weighted by Gasteiger charge is -2.36.